The van der Waals surface area contributed by atoms with Crippen molar-refractivity contribution in [3.63, 3.8) is 0 Å². The molecule has 0 saturated carbocycles. The Labute approximate surface area is 375 Å². The maximum atomic E-state index is 12.7. The monoisotopic (exact) mass is 847 g/mol. The zero-order valence-corrected chi connectivity index (χ0v) is 39.4. The number of unbranched alkanes of at least 4 members (excludes halogenated alkanes) is 21. The molecular formula is C55H90O6. The summed E-state index contributed by atoms with van der Waals surface area (Å²) in [4.78, 5) is 37.9. The van der Waals surface area contributed by atoms with Crippen molar-refractivity contribution in [2.24, 2.45) is 0 Å². The van der Waals surface area contributed by atoms with Crippen LogP contribution in [0.25, 0.3) is 0 Å². The van der Waals surface area contributed by atoms with Crippen LogP contribution in [-0.4, -0.2) is 37.2 Å². The van der Waals surface area contributed by atoms with E-state index < -0.39 is 12.1 Å². The highest BCUT2D eigenvalue weighted by Crippen LogP contribution is 2.14. The molecule has 1 unspecified atom stereocenters. The van der Waals surface area contributed by atoms with Crippen LogP contribution in [0.1, 0.15) is 213 Å². The largest absolute Gasteiger partial charge is 0.462 e. The van der Waals surface area contributed by atoms with E-state index in [1.807, 2.05) is 66.8 Å². The highest BCUT2D eigenvalue weighted by molar-refractivity contribution is 5.71. The summed E-state index contributed by atoms with van der Waals surface area (Å²) >= 11 is 0. The first-order valence-electron chi connectivity index (χ1n) is 24.8. The van der Waals surface area contributed by atoms with Crippen LogP contribution in [0.2, 0.25) is 0 Å². The van der Waals surface area contributed by atoms with E-state index in [0.717, 1.165) is 64.2 Å². The maximum Gasteiger partial charge on any atom is 0.306 e. The van der Waals surface area contributed by atoms with Crippen molar-refractivity contribution in [3.8, 4) is 0 Å². The van der Waals surface area contributed by atoms with Gasteiger partial charge < -0.3 is 14.2 Å². The molecule has 0 bridgehead atoms. The molecule has 0 aromatic heterocycles. The van der Waals surface area contributed by atoms with Crippen LogP contribution in [0, 0.1) is 0 Å². The van der Waals surface area contributed by atoms with Gasteiger partial charge in [-0.25, -0.2) is 0 Å². The average molecular weight is 847 g/mol. The Balaban J connectivity index is 4.55. The molecule has 1 atom stereocenters. The number of ether oxygens (including phenoxy) is 3. The Bertz CT molecular complexity index is 1250. The van der Waals surface area contributed by atoms with Crippen LogP contribution >= 0.6 is 0 Å². The molecule has 0 spiro atoms. The predicted molar refractivity (Wildman–Crippen MR) is 260 cm³/mol. The van der Waals surface area contributed by atoms with E-state index in [-0.39, 0.29) is 31.6 Å². The number of esters is 3. The van der Waals surface area contributed by atoms with E-state index in [1.54, 1.807) is 0 Å². The van der Waals surface area contributed by atoms with Gasteiger partial charge in [-0.3, -0.25) is 14.4 Å². The van der Waals surface area contributed by atoms with Gasteiger partial charge in [-0.2, -0.15) is 0 Å². The van der Waals surface area contributed by atoms with Crippen LogP contribution in [0.5, 0.6) is 0 Å². The third kappa shape index (κ3) is 47.2. The van der Waals surface area contributed by atoms with Gasteiger partial charge in [-0.15, -0.1) is 0 Å². The molecule has 0 aliphatic rings. The van der Waals surface area contributed by atoms with Crippen molar-refractivity contribution in [2.75, 3.05) is 13.2 Å². The van der Waals surface area contributed by atoms with Gasteiger partial charge >= 0.3 is 17.9 Å². The van der Waals surface area contributed by atoms with Crippen molar-refractivity contribution in [1.29, 1.82) is 0 Å². The van der Waals surface area contributed by atoms with Gasteiger partial charge in [0.1, 0.15) is 13.2 Å². The molecule has 346 valence electrons. The van der Waals surface area contributed by atoms with Crippen molar-refractivity contribution < 1.29 is 28.6 Å². The lowest BCUT2D eigenvalue weighted by Crippen LogP contribution is -2.30. The fraction of sp³-hybridized carbons (Fsp3) is 0.655. The summed E-state index contributed by atoms with van der Waals surface area (Å²) in [6, 6.07) is 0. The summed E-state index contributed by atoms with van der Waals surface area (Å²) < 4.78 is 16.7. The van der Waals surface area contributed by atoms with Crippen molar-refractivity contribution in [3.05, 3.63) is 97.2 Å². The van der Waals surface area contributed by atoms with E-state index in [0.29, 0.717) is 19.3 Å². The minimum absolute atomic E-state index is 0.114. The zero-order chi connectivity index (χ0) is 44.4. The molecule has 61 heavy (non-hydrogen) atoms. The lowest BCUT2D eigenvalue weighted by molar-refractivity contribution is -0.166. The third-order valence-electron chi connectivity index (χ3n) is 10.2. The Morgan fingerprint density at radius 1 is 0.361 bits per heavy atom. The van der Waals surface area contributed by atoms with E-state index >= 15 is 0 Å². The smallest absolute Gasteiger partial charge is 0.306 e. The van der Waals surface area contributed by atoms with Crippen molar-refractivity contribution in [1.82, 2.24) is 0 Å². The molecule has 0 N–H and O–H groups in total. The lowest BCUT2D eigenvalue weighted by atomic mass is 10.0. The van der Waals surface area contributed by atoms with Crippen LogP contribution in [-0.2, 0) is 28.6 Å². The second-order valence-corrected chi connectivity index (χ2v) is 16.1. The number of hydrogen-bond acceptors (Lipinski definition) is 6. The number of rotatable bonds is 43. The van der Waals surface area contributed by atoms with Gasteiger partial charge in [0.05, 0.1) is 0 Å². The minimum Gasteiger partial charge on any atom is -0.462 e. The third-order valence-corrected chi connectivity index (χ3v) is 10.2. The molecule has 0 saturated heterocycles. The van der Waals surface area contributed by atoms with Gasteiger partial charge in [0.25, 0.3) is 0 Å². The first kappa shape index (κ1) is 57.3. The highest BCUT2D eigenvalue weighted by Gasteiger charge is 2.19. The van der Waals surface area contributed by atoms with Gasteiger partial charge in [0.2, 0.25) is 0 Å². The Hall–Kier alpha value is -3.67. The van der Waals surface area contributed by atoms with Crippen LogP contribution in [0.15, 0.2) is 97.2 Å². The van der Waals surface area contributed by atoms with Gasteiger partial charge in [-0.1, -0.05) is 234 Å². The minimum atomic E-state index is -0.824. The first-order chi connectivity index (χ1) is 30.0. The molecule has 6 nitrogen and oxygen atoms in total. The number of hydrogen-bond donors (Lipinski definition) is 0. The molecule has 0 aliphatic heterocycles. The summed E-state index contributed by atoms with van der Waals surface area (Å²) in [7, 11) is 0. The first-order valence-corrected chi connectivity index (χ1v) is 24.8. The normalized spacial score (nSPS) is 12.9. The summed E-state index contributed by atoms with van der Waals surface area (Å²) in [5.74, 6) is -1.03. The van der Waals surface area contributed by atoms with Gasteiger partial charge in [0.15, 0.2) is 6.10 Å². The van der Waals surface area contributed by atoms with Gasteiger partial charge in [-0.05, 0) is 57.8 Å². The molecule has 0 amide bonds. The van der Waals surface area contributed by atoms with Gasteiger partial charge in [0, 0.05) is 19.3 Å². The quantitative estimate of drug-likeness (QED) is 0.0200. The van der Waals surface area contributed by atoms with E-state index in [4.69, 9.17) is 14.2 Å². The van der Waals surface area contributed by atoms with E-state index in [9.17, 15) is 14.4 Å². The van der Waals surface area contributed by atoms with Crippen LogP contribution < -0.4 is 0 Å². The van der Waals surface area contributed by atoms with Crippen molar-refractivity contribution >= 4 is 17.9 Å². The van der Waals surface area contributed by atoms with E-state index in [1.165, 1.54) is 103 Å². The second kappa shape index (κ2) is 49.0. The molecule has 0 fully saturated rings. The number of carbonyl (C=O) groups excluding carboxylic acids is 3. The maximum absolute atomic E-state index is 12.7. The molecule has 6 heteroatoms. The second-order valence-electron chi connectivity index (χ2n) is 16.1. The Morgan fingerprint density at radius 2 is 0.738 bits per heavy atom. The SMILES string of the molecule is CC\C=C/C=C\C=C/C=C\C=C\C=C/CCCCCC(=O)OCC(COC(=O)CCCCCCCCCCCCCCC)OC(=O)CC/C=C\C/C=C\CCCCCCCC. The summed E-state index contributed by atoms with van der Waals surface area (Å²) in [5.41, 5.74) is 0. The fourth-order valence-corrected chi connectivity index (χ4v) is 6.53. The van der Waals surface area contributed by atoms with Crippen molar-refractivity contribution in [2.45, 2.75) is 219 Å². The zero-order valence-electron chi connectivity index (χ0n) is 39.4. The molecule has 0 aromatic rings. The topological polar surface area (TPSA) is 78.9 Å². The summed E-state index contributed by atoms with van der Waals surface area (Å²) in [5, 5.41) is 0. The molecular weight excluding hydrogens is 757 g/mol. The molecule has 0 aromatic carbocycles. The van der Waals surface area contributed by atoms with Crippen LogP contribution in [0.4, 0.5) is 0 Å². The molecule has 0 heterocycles. The van der Waals surface area contributed by atoms with Crippen LogP contribution in [0.3, 0.4) is 0 Å². The predicted octanol–water partition coefficient (Wildman–Crippen LogP) is 16.2. The standard InChI is InChI=1S/C55H90O6/c1-4-7-10-13-16-19-22-25-26-27-28-31-33-36-39-42-45-48-54(57)60-51-52(61-55(58)49-46-43-40-37-34-30-24-21-18-15-12-9-6-3)50-59-53(56)47-44-41-38-35-32-29-23-20-17-14-11-8-5-2/h7,10,13,16,19,22,25-28,30-31,33-34,40,43,52H,4-6,8-9,11-12,14-15,17-18,20-21,23-24,29,32,35-39,41-42,44-51H2,1-3H3/b10-7-,16-13-,22-19-,26-25-,28-27+,33-31-,34-30-,43-40-. The fourth-order valence-electron chi connectivity index (χ4n) is 6.53. The molecule has 0 aliphatic carbocycles. The Kier molecular flexibility index (Phi) is 46.0. The summed E-state index contributed by atoms with van der Waals surface area (Å²) in [6.07, 6.45) is 64.0. The highest BCUT2D eigenvalue weighted by atomic mass is 16.6. The Morgan fingerprint density at radius 3 is 1.21 bits per heavy atom. The number of allylic oxidation sites excluding steroid dienone is 16. The number of carbonyl (C=O) groups is 3. The molecule has 0 rings (SSSR count). The molecule has 0 radical (unpaired) electrons. The average Bonchev–Trinajstić information content (AvgIpc) is 3.26. The summed E-state index contributed by atoms with van der Waals surface area (Å²) in [6.45, 7) is 6.38. The van der Waals surface area contributed by atoms with E-state index in [2.05, 4.69) is 51.2 Å². The lowest BCUT2D eigenvalue weighted by Gasteiger charge is -2.18.